The lowest BCUT2D eigenvalue weighted by molar-refractivity contribution is 0.504. The number of aryl methyl sites for hydroxylation is 3. The van der Waals surface area contributed by atoms with E-state index in [1.807, 2.05) is 31.3 Å². The summed E-state index contributed by atoms with van der Waals surface area (Å²) in [6.07, 6.45) is 8.59. The molecule has 26 heavy (non-hydrogen) atoms. The molecule has 2 unspecified atom stereocenters. The predicted molar refractivity (Wildman–Crippen MR) is 121 cm³/mol. The zero-order chi connectivity index (χ0) is 19.4. The molecule has 146 valence electrons. The van der Waals surface area contributed by atoms with Crippen molar-refractivity contribution in [1.29, 1.82) is 0 Å². The lowest BCUT2D eigenvalue weighted by Gasteiger charge is -2.09. The van der Waals surface area contributed by atoms with Gasteiger partial charge in [0, 0.05) is 15.3 Å². The van der Waals surface area contributed by atoms with E-state index in [-0.39, 0.29) is 0 Å². The largest absolute Gasteiger partial charge is 0.149 e. The third-order valence-corrected chi connectivity index (χ3v) is 6.05. The van der Waals surface area contributed by atoms with Crippen LogP contribution in [0.25, 0.3) is 0 Å². The van der Waals surface area contributed by atoms with E-state index >= 15 is 0 Å². The Balaban J connectivity index is 0.000000284. The first-order valence-corrected chi connectivity index (χ1v) is 11.7. The number of hydrogen-bond donors (Lipinski definition) is 0. The van der Waals surface area contributed by atoms with Crippen LogP contribution in [0.15, 0.2) is 35.7 Å². The average molecular weight is 413 g/mol. The van der Waals surface area contributed by atoms with Gasteiger partial charge in [-0.1, -0.05) is 50.9 Å². The van der Waals surface area contributed by atoms with Gasteiger partial charge < -0.3 is 0 Å². The molecule has 3 rings (SSSR count). The van der Waals surface area contributed by atoms with E-state index in [1.54, 1.807) is 0 Å². The number of hydrogen-bond acceptors (Lipinski definition) is 1. The first kappa shape index (κ1) is 23.5. The Morgan fingerprint density at radius 1 is 1.12 bits per heavy atom. The molecule has 1 heterocycles. The Morgan fingerprint density at radius 2 is 1.88 bits per heavy atom. The van der Waals surface area contributed by atoms with E-state index < -0.39 is 0 Å². The zero-order valence-electron chi connectivity index (χ0n) is 16.7. The maximum absolute atomic E-state index is 6.12. The molecule has 1 aromatic heterocycles. The molecule has 1 aromatic carbocycles. The molecular formula is C23H34Cl2S. The zero-order valence-corrected chi connectivity index (χ0v) is 19.1. The van der Waals surface area contributed by atoms with Gasteiger partial charge in [0.2, 0.25) is 0 Å². The summed E-state index contributed by atoms with van der Waals surface area (Å²) in [6.45, 7) is 8.31. The Kier molecular flexibility index (Phi) is 12.3. The van der Waals surface area contributed by atoms with Crippen LogP contribution in [0.1, 0.15) is 68.9 Å². The Morgan fingerprint density at radius 3 is 2.42 bits per heavy atom. The van der Waals surface area contributed by atoms with E-state index in [2.05, 4.69) is 43.5 Å². The number of alkyl halides is 1. The summed E-state index contributed by atoms with van der Waals surface area (Å²) in [6, 6.07) is 10.6. The quantitative estimate of drug-likeness (QED) is 0.430. The van der Waals surface area contributed by atoms with Crippen molar-refractivity contribution in [2.45, 2.75) is 78.0 Å². The minimum absolute atomic E-state index is 0.422. The second-order valence-corrected chi connectivity index (χ2v) is 8.87. The minimum Gasteiger partial charge on any atom is -0.149 e. The van der Waals surface area contributed by atoms with Crippen molar-refractivity contribution < 1.29 is 0 Å². The molecule has 0 saturated heterocycles. The van der Waals surface area contributed by atoms with Gasteiger partial charge in [-0.3, -0.25) is 0 Å². The third-order valence-electron chi connectivity index (χ3n) is 4.50. The molecule has 1 fully saturated rings. The van der Waals surface area contributed by atoms with E-state index in [0.29, 0.717) is 5.38 Å². The first-order chi connectivity index (χ1) is 12.6. The number of rotatable bonds is 5. The number of halogens is 2. The molecule has 2 atom stereocenters. The molecule has 0 aliphatic heterocycles. The number of benzene rings is 1. The van der Waals surface area contributed by atoms with Crippen molar-refractivity contribution >= 4 is 34.5 Å². The topological polar surface area (TPSA) is 0 Å². The molecule has 0 spiro atoms. The monoisotopic (exact) mass is 412 g/mol. The molecular weight excluding hydrogens is 379 g/mol. The smallest absolute Gasteiger partial charge is 0.0411 e. The second kappa shape index (κ2) is 13.6. The van der Waals surface area contributed by atoms with Crippen LogP contribution in [0.4, 0.5) is 0 Å². The lowest BCUT2D eigenvalue weighted by Crippen LogP contribution is -1.98. The fourth-order valence-corrected chi connectivity index (χ4v) is 4.81. The molecule has 0 radical (unpaired) electrons. The van der Waals surface area contributed by atoms with Gasteiger partial charge in [0.15, 0.2) is 0 Å². The van der Waals surface area contributed by atoms with Crippen molar-refractivity contribution in [3.05, 3.63) is 56.7 Å². The molecule has 0 nitrogen and oxygen atoms in total. The van der Waals surface area contributed by atoms with Gasteiger partial charge in [-0.05, 0) is 86.1 Å². The summed E-state index contributed by atoms with van der Waals surface area (Å²) in [4.78, 5) is 1.51. The number of thiophene rings is 1. The van der Waals surface area contributed by atoms with Gasteiger partial charge in [-0.2, -0.15) is 0 Å². The van der Waals surface area contributed by atoms with Gasteiger partial charge in [0.05, 0.1) is 0 Å². The molecule has 0 amide bonds. The molecule has 0 bridgehead atoms. The maximum atomic E-state index is 6.12. The van der Waals surface area contributed by atoms with Crippen LogP contribution in [0, 0.1) is 12.8 Å². The van der Waals surface area contributed by atoms with E-state index in [1.165, 1.54) is 54.5 Å². The van der Waals surface area contributed by atoms with Crippen LogP contribution in [-0.2, 0) is 12.8 Å². The molecule has 1 saturated carbocycles. The van der Waals surface area contributed by atoms with Crippen LogP contribution in [0.2, 0.25) is 5.02 Å². The maximum Gasteiger partial charge on any atom is 0.0411 e. The van der Waals surface area contributed by atoms with Crippen LogP contribution in [-0.4, -0.2) is 5.38 Å². The minimum atomic E-state index is 0.422. The summed E-state index contributed by atoms with van der Waals surface area (Å²) >= 11 is 14.0. The van der Waals surface area contributed by atoms with Crippen LogP contribution >= 0.6 is 34.5 Å². The fraction of sp³-hybridized carbons (Fsp3) is 0.565. The average Bonchev–Trinajstić information content (AvgIpc) is 3.27. The summed E-state index contributed by atoms with van der Waals surface area (Å²) in [5.41, 5.74) is 2.62. The Hall–Kier alpha value is -0.500. The molecule has 3 heteroatoms. The SMILES string of the molecule is CC.CCCc1cccs1.Cc1cc(Cl)cc(CCC2CCC(Cl)C2)c1. The van der Waals surface area contributed by atoms with Crippen molar-refractivity contribution in [2.24, 2.45) is 5.92 Å². The fourth-order valence-electron chi connectivity index (χ4n) is 3.30. The van der Waals surface area contributed by atoms with Crippen molar-refractivity contribution in [3.63, 3.8) is 0 Å². The molecule has 1 aliphatic rings. The predicted octanol–water partition coefficient (Wildman–Crippen LogP) is 8.72. The lowest BCUT2D eigenvalue weighted by atomic mass is 9.97. The van der Waals surface area contributed by atoms with E-state index in [9.17, 15) is 0 Å². The van der Waals surface area contributed by atoms with Crippen molar-refractivity contribution in [3.8, 4) is 0 Å². The Bertz CT molecular complexity index is 572. The van der Waals surface area contributed by atoms with Gasteiger partial charge >= 0.3 is 0 Å². The molecule has 2 aromatic rings. The summed E-state index contributed by atoms with van der Waals surface area (Å²) in [5.74, 6) is 0.821. The molecule has 0 N–H and O–H groups in total. The normalized spacial score (nSPS) is 18.5. The first-order valence-electron chi connectivity index (χ1n) is 9.99. The van der Waals surface area contributed by atoms with Crippen molar-refractivity contribution in [2.75, 3.05) is 0 Å². The highest BCUT2D eigenvalue weighted by Crippen LogP contribution is 2.32. The highest BCUT2D eigenvalue weighted by atomic mass is 35.5. The van der Waals surface area contributed by atoms with E-state index in [0.717, 1.165) is 17.4 Å². The standard InChI is InChI=1S/C14H18Cl2.C7H10S.C2H6/c1-10-6-12(9-14(16)7-10)3-2-11-4-5-13(15)8-11;1-2-4-7-5-3-6-8-7;1-2/h6-7,9,11,13H,2-5,8H2,1H3;3,5-6H,2,4H2,1H3;1-2H3. The van der Waals surface area contributed by atoms with Gasteiger partial charge in [0.25, 0.3) is 0 Å². The highest BCUT2D eigenvalue weighted by Gasteiger charge is 2.22. The van der Waals surface area contributed by atoms with Crippen LogP contribution in [0.5, 0.6) is 0 Å². The van der Waals surface area contributed by atoms with Crippen molar-refractivity contribution in [1.82, 2.24) is 0 Å². The summed E-state index contributed by atoms with van der Waals surface area (Å²) in [5, 5.41) is 3.41. The van der Waals surface area contributed by atoms with Crippen LogP contribution in [0.3, 0.4) is 0 Å². The van der Waals surface area contributed by atoms with Gasteiger partial charge in [0.1, 0.15) is 0 Å². The van der Waals surface area contributed by atoms with Gasteiger partial charge in [-0.25, -0.2) is 0 Å². The Labute approximate surface area is 174 Å². The molecule has 1 aliphatic carbocycles. The highest BCUT2D eigenvalue weighted by molar-refractivity contribution is 7.09. The third kappa shape index (κ3) is 9.44. The summed E-state index contributed by atoms with van der Waals surface area (Å²) in [7, 11) is 0. The second-order valence-electron chi connectivity index (χ2n) is 6.78. The van der Waals surface area contributed by atoms with Crippen LogP contribution < -0.4 is 0 Å². The summed E-state index contributed by atoms with van der Waals surface area (Å²) < 4.78 is 0. The van der Waals surface area contributed by atoms with E-state index in [4.69, 9.17) is 23.2 Å². The van der Waals surface area contributed by atoms with Gasteiger partial charge in [-0.15, -0.1) is 22.9 Å².